The van der Waals surface area contributed by atoms with Crippen molar-refractivity contribution in [1.82, 2.24) is 0 Å². The van der Waals surface area contributed by atoms with E-state index in [4.69, 9.17) is 4.42 Å². The quantitative estimate of drug-likeness (QED) is 0.437. The van der Waals surface area contributed by atoms with E-state index in [2.05, 4.69) is 4.74 Å². The van der Waals surface area contributed by atoms with Gasteiger partial charge in [-0.1, -0.05) is 0 Å². The largest absolute Gasteiger partial charge is 0.573 e. The van der Waals surface area contributed by atoms with Crippen LogP contribution in [-0.4, -0.2) is 11.3 Å². The lowest BCUT2D eigenvalue weighted by Gasteiger charge is -2.12. The SMILES string of the molecule is O=[N+]([O-])c1cc(I)cc(OC(F)(F)F)c1-c1ccco1. The van der Waals surface area contributed by atoms with Crippen molar-refractivity contribution in [2.24, 2.45) is 0 Å². The molecule has 0 aliphatic rings. The van der Waals surface area contributed by atoms with Crippen LogP contribution in [0.3, 0.4) is 0 Å². The first kappa shape index (κ1) is 14.6. The second-order valence-corrected chi connectivity index (χ2v) is 4.83. The molecule has 0 atom stereocenters. The van der Waals surface area contributed by atoms with Crippen LogP contribution in [0.4, 0.5) is 18.9 Å². The van der Waals surface area contributed by atoms with Crippen molar-refractivity contribution in [2.45, 2.75) is 6.36 Å². The van der Waals surface area contributed by atoms with Gasteiger partial charge in [-0.2, -0.15) is 0 Å². The molecule has 0 spiro atoms. The fourth-order valence-corrected chi connectivity index (χ4v) is 2.16. The monoisotopic (exact) mass is 399 g/mol. The van der Waals surface area contributed by atoms with Gasteiger partial charge in [-0.3, -0.25) is 10.1 Å². The fourth-order valence-electron chi connectivity index (χ4n) is 1.59. The number of benzene rings is 1. The van der Waals surface area contributed by atoms with E-state index < -0.39 is 22.7 Å². The van der Waals surface area contributed by atoms with Crippen LogP contribution in [0.5, 0.6) is 5.75 Å². The van der Waals surface area contributed by atoms with E-state index in [1.165, 1.54) is 18.4 Å². The minimum absolute atomic E-state index is 0.0765. The predicted molar refractivity (Wildman–Crippen MR) is 70.2 cm³/mol. The Hall–Kier alpha value is -1.78. The maximum absolute atomic E-state index is 12.4. The van der Waals surface area contributed by atoms with Crippen LogP contribution < -0.4 is 4.74 Å². The molecule has 0 amide bonds. The maximum atomic E-state index is 12.4. The number of hydrogen-bond donors (Lipinski definition) is 0. The number of ether oxygens (including phenoxy) is 1. The van der Waals surface area contributed by atoms with Gasteiger partial charge in [0.05, 0.1) is 11.2 Å². The molecule has 0 fully saturated rings. The lowest BCUT2D eigenvalue weighted by molar-refractivity contribution is -0.384. The number of nitro groups is 1. The summed E-state index contributed by atoms with van der Waals surface area (Å²) >= 11 is 1.67. The summed E-state index contributed by atoms with van der Waals surface area (Å²) < 4.78 is 46.3. The van der Waals surface area contributed by atoms with E-state index in [1.54, 1.807) is 22.6 Å². The Bertz CT molecular complexity index is 640. The summed E-state index contributed by atoms with van der Waals surface area (Å²) in [7, 11) is 0. The van der Waals surface area contributed by atoms with Gasteiger partial charge in [0.15, 0.2) is 0 Å². The lowest BCUT2D eigenvalue weighted by atomic mass is 10.1. The summed E-state index contributed by atoms with van der Waals surface area (Å²) in [4.78, 5) is 10.2. The Morgan fingerprint density at radius 3 is 2.55 bits per heavy atom. The highest BCUT2D eigenvalue weighted by Crippen LogP contribution is 2.41. The molecule has 20 heavy (non-hydrogen) atoms. The van der Waals surface area contributed by atoms with Gasteiger partial charge < -0.3 is 9.15 Å². The van der Waals surface area contributed by atoms with Crippen LogP contribution in [-0.2, 0) is 0 Å². The topological polar surface area (TPSA) is 65.5 Å². The van der Waals surface area contributed by atoms with Gasteiger partial charge in [0, 0.05) is 9.64 Å². The molecule has 0 N–H and O–H groups in total. The van der Waals surface area contributed by atoms with Crippen molar-refractivity contribution >= 4 is 28.3 Å². The highest BCUT2D eigenvalue weighted by atomic mass is 127. The minimum atomic E-state index is -4.96. The van der Waals surface area contributed by atoms with Gasteiger partial charge in [-0.05, 0) is 40.8 Å². The molecule has 0 radical (unpaired) electrons. The Balaban J connectivity index is 2.68. The van der Waals surface area contributed by atoms with Gasteiger partial charge >= 0.3 is 6.36 Å². The van der Waals surface area contributed by atoms with Crippen molar-refractivity contribution in [3.05, 3.63) is 44.2 Å². The van der Waals surface area contributed by atoms with Gasteiger partial charge in [-0.25, -0.2) is 0 Å². The molecule has 5 nitrogen and oxygen atoms in total. The summed E-state index contributed by atoms with van der Waals surface area (Å²) in [5.74, 6) is -0.751. The highest BCUT2D eigenvalue weighted by molar-refractivity contribution is 14.1. The van der Waals surface area contributed by atoms with Crippen LogP contribution in [0.15, 0.2) is 34.9 Å². The average molecular weight is 399 g/mol. The van der Waals surface area contributed by atoms with Gasteiger partial charge in [0.1, 0.15) is 17.1 Å². The van der Waals surface area contributed by atoms with E-state index in [1.807, 2.05) is 0 Å². The summed E-state index contributed by atoms with van der Waals surface area (Å²) in [6.45, 7) is 0. The summed E-state index contributed by atoms with van der Waals surface area (Å²) in [5.41, 5.74) is -0.871. The van der Waals surface area contributed by atoms with Crippen LogP contribution in [0.2, 0.25) is 0 Å². The van der Waals surface area contributed by atoms with E-state index >= 15 is 0 Å². The zero-order valence-corrected chi connectivity index (χ0v) is 11.6. The molecule has 0 saturated carbocycles. The normalized spacial score (nSPS) is 11.4. The molecule has 0 bridgehead atoms. The highest BCUT2D eigenvalue weighted by Gasteiger charge is 2.35. The fraction of sp³-hybridized carbons (Fsp3) is 0.0909. The van der Waals surface area contributed by atoms with E-state index in [-0.39, 0.29) is 14.9 Å². The van der Waals surface area contributed by atoms with Gasteiger partial charge in [-0.15, -0.1) is 13.2 Å². The predicted octanol–water partition coefficient (Wildman–Crippen LogP) is 4.36. The van der Waals surface area contributed by atoms with Crippen molar-refractivity contribution in [3.63, 3.8) is 0 Å². The Labute approximate surface area is 123 Å². The first-order valence-electron chi connectivity index (χ1n) is 5.05. The zero-order valence-electron chi connectivity index (χ0n) is 9.48. The standard InChI is InChI=1S/C11H5F3INO4/c12-11(13,14)20-9-5-6(15)4-7(16(17)18)10(9)8-2-1-3-19-8/h1-5H. The zero-order chi connectivity index (χ0) is 14.9. The third-order valence-corrected chi connectivity index (χ3v) is 2.86. The summed E-state index contributed by atoms with van der Waals surface area (Å²) in [6.07, 6.45) is -3.76. The molecule has 1 aromatic heterocycles. The van der Waals surface area contributed by atoms with E-state index in [0.717, 1.165) is 12.1 Å². The number of nitrogens with zero attached hydrogens (tertiary/aromatic N) is 1. The van der Waals surface area contributed by atoms with Crippen LogP contribution >= 0.6 is 22.6 Å². The van der Waals surface area contributed by atoms with Crippen LogP contribution in [0.1, 0.15) is 0 Å². The second-order valence-electron chi connectivity index (χ2n) is 3.58. The molecule has 1 heterocycles. The summed E-state index contributed by atoms with van der Waals surface area (Å²) in [6, 6.07) is 4.92. The molecule has 0 aliphatic carbocycles. The summed E-state index contributed by atoms with van der Waals surface area (Å²) in [5, 5.41) is 11.0. The smallest absolute Gasteiger partial charge is 0.464 e. The molecule has 0 saturated heterocycles. The van der Waals surface area contributed by atoms with Crippen molar-refractivity contribution < 1.29 is 27.2 Å². The molecule has 2 rings (SSSR count). The van der Waals surface area contributed by atoms with Crippen molar-refractivity contribution in [2.75, 3.05) is 0 Å². The molecule has 2 aromatic rings. The number of hydrogen-bond acceptors (Lipinski definition) is 4. The Kier molecular flexibility index (Phi) is 3.88. The maximum Gasteiger partial charge on any atom is 0.573 e. The third-order valence-electron chi connectivity index (χ3n) is 2.24. The first-order valence-corrected chi connectivity index (χ1v) is 6.13. The van der Waals surface area contributed by atoms with Gasteiger partial charge in [0.25, 0.3) is 5.69 Å². The second kappa shape index (κ2) is 5.31. The molecule has 106 valence electrons. The Morgan fingerprint density at radius 1 is 1.35 bits per heavy atom. The van der Waals surface area contributed by atoms with Crippen molar-refractivity contribution in [1.29, 1.82) is 0 Å². The molecular formula is C11H5F3INO4. The average Bonchev–Trinajstić information content (AvgIpc) is 2.78. The number of halogens is 4. The minimum Gasteiger partial charge on any atom is -0.464 e. The Morgan fingerprint density at radius 2 is 2.05 bits per heavy atom. The van der Waals surface area contributed by atoms with Crippen LogP contribution in [0.25, 0.3) is 11.3 Å². The van der Waals surface area contributed by atoms with Crippen molar-refractivity contribution in [3.8, 4) is 17.1 Å². The number of alkyl halides is 3. The molecule has 0 unspecified atom stereocenters. The van der Waals surface area contributed by atoms with Crippen LogP contribution in [0, 0.1) is 13.7 Å². The number of rotatable bonds is 3. The lowest BCUT2D eigenvalue weighted by Crippen LogP contribution is -2.18. The van der Waals surface area contributed by atoms with E-state index in [9.17, 15) is 23.3 Å². The molecule has 1 aromatic carbocycles. The van der Waals surface area contributed by atoms with E-state index in [0.29, 0.717) is 0 Å². The molecular weight excluding hydrogens is 394 g/mol. The number of furan rings is 1. The number of nitro benzene ring substituents is 1. The third kappa shape index (κ3) is 3.21. The molecule has 9 heteroatoms. The first-order chi connectivity index (χ1) is 9.28. The van der Waals surface area contributed by atoms with Gasteiger partial charge in [0.2, 0.25) is 0 Å². The molecule has 0 aliphatic heterocycles.